The highest BCUT2D eigenvalue weighted by Crippen LogP contribution is 2.14. The number of nitro benzene ring substituents is 1. The molecular formula is C13H11ClN2O3. The topological polar surface area (TPSA) is 65.3 Å². The summed E-state index contributed by atoms with van der Waals surface area (Å²) in [7, 11) is 0. The molecule has 2 rings (SSSR count). The third-order valence-electron chi connectivity index (χ3n) is 2.51. The Labute approximate surface area is 115 Å². The molecule has 5 nitrogen and oxygen atoms in total. The van der Waals surface area contributed by atoms with Crippen molar-refractivity contribution in [2.75, 3.05) is 6.61 Å². The van der Waals surface area contributed by atoms with Crippen LogP contribution in [0.5, 0.6) is 5.75 Å². The van der Waals surface area contributed by atoms with Gasteiger partial charge in [-0.05, 0) is 17.7 Å². The van der Waals surface area contributed by atoms with E-state index in [0.29, 0.717) is 23.9 Å². The van der Waals surface area contributed by atoms with Crippen molar-refractivity contribution >= 4 is 17.3 Å². The molecule has 0 atom stereocenters. The first-order valence-corrected chi connectivity index (χ1v) is 6.00. The molecule has 0 spiro atoms. The molecule has 0 aliphatic heterocycles. The van der Waals surface area contributed by atoms with Gasteiger partial charge in [-0.2, -0.15) is 0 Å². The van der Waals surface area contributed by atoms with Crippen molar-refractivity contribution in [1.82, 2.24) is 4.98 Å². The molecule has 6 heteroatoms. The number of non-ortho nitro benzene ring substituents is 1. The molecule has 0 saturated heterocycles. The first-order valence-electron chi connectivity index (χ1n) is 5.63. The number of halogens is 1. The highest BCUT2D eigenvalue weighted by atomic mass is 35.5. The van der Waals surface area contributed by atoms with Gasteiger partial charge < -0.3 is 4.74 Å². The van der Waals surface area contributed by atoms with Gasteiger partial charge in [0.05, 0.1) is 17.7 Å². The van der Waals surface area contributed by atoms with Crippen molar-refractivity contribution in [1.29, 1.82) is 0 Å². The summed E-state index contributed by atoms with van der Waals surface area (Å²) >= 11 is 5.66. The maximum atomic E-state index is 10.5. The van der Waals surface area contributed by atoms with Gasteiger partial charge in [0.1, 0.15) is 10.9 Å². The summed E-state index contributed by atoms with van der Waals surface area (Å²) in [6.07, 6.45) is 2.22. The van der Waals surface area contributed by atoms with Gasteiger partial charge >= 0.3 is 0 Å². The van der Waals surface area contributed by atoms with Crippen molar-refractivity contribution in [2.24, 2.45) is 0 Å². The second-order valence-electron chi connectivity index (χ2n) is 3.84. The van der Waals surface area contributed by atoms with E-state index in [1.54, 1.807) is 30.5 Å². The summed E-state index contributed by atoms with van der Waals surface area (Å²) in [6.45, 7) is 0.473. The van der Waals surface area contributed by atoms with Crippen molar-refractivity contribution in [3.8, 4) is 5.75 Å². The first-order chi connectivity index (χ1) is 9.15. The number of benzene rings is 1. The van der Waals surface area contributed by atoms with Gasteiger partial charge in [-0.25, -0.2) is 4.98 Å². The fraction of sp³-hybridized carbons (Fsp3) is 0.154. The quantitative estimate of drug-likeness (QED) is 0.478. The second kappa shape index (κ2) is 6.15. The van der Waals surface area contributed by atoms with E-state index < -0.39 is 4.92 Å². The van der Waals surface area contributed by atoms with E-state index in [1.807, 2.05) is 0 Å². The van der Waals surface area contributed by atoms with E-state index in [0.717, 1.165) is 5.56 Å². The van der Waals surface area contributed by atoms with E-state index >= 15 is 0 Å². The number of hydrogen-bond donors (Lipinski definition) is 0. The smallest absolute Gasteiger partial charge is 0.269 e. The van der Waals surface area contributed by atoms with E-state index in [9.17, 15) is 10.1 Å². The molecule has 2 aromatic rings. The average molecular weight is 279 g/mol. The van der Waals surface area contributed by atoms with Crippen LogP contribution >= 0.6 is 11.6 Å². The predicted molar refractivity (Wildman–Crippen MR) is 71.5 cm³/mol. The third kappa shape index (κ3) is 3.93. The van der Waals surface area contributed by atoms with E-state index in [2.05, 4.69) is 4.98 Å². The van der Waals surface area contributed by atoms with Gasteiger partial charge in [-0.1, -0.05) is 23.7 Å². The highest BCUT2D eigenvalue weighted by molar-refractivity contribution is 6.29. The normalized spacial score (nSPS) is 10.2. The Kier molecular flexibility index (Phi) is 4.30. The van der Waals surface area contributed by atoms with Gasteiger partial charge in [0.25, 0.3) is 5.69 Å². The molecule has 0 aliphatic rings. The fourth-order valence-electron chi connectivity index (χ4n) is 1.52. The van der Waals surface area contributed by atoms with Crippen molar-refractivity contribution in [3.05, 3.63) is 63.4 Å². The number of hydrogen-bond acceptors (Lipinski definition) is 4. The number of aromatic nitrogens is 1. The summed E-state index contributed by atoms with van der Waals surface area (Å²) < 4.78 is 5.49. The Bertz CT molecular complexity index is 555. The Morgan fingerprint density at radius 2 is 1.95 bits per heavy atom. The molecule has 0 unspecified atom stereocenters. The molecule has 0 N–H and O–H groups in total. The zero-order valence-corrected chi connectivity index (χ0v) is 10.7. The van der Waals surface area contributed by atoms with Crippen LogP contribution in [0, 0.1) is 10.1 Å². The molecule has 1 aromatic carbocycles. The predicted octanol–water partition coefficient (Wildman–Crippen LogP) is 3.26. The molecule has 0 amide bonds. The largest absolute Gasteiger partial charge is 0.492 e. The van der Waals surface area contributed by atoms with Gasteiger partial charge in [-0.3, -0.25) is 10.1 Å². The van der Waals surface area contributed by atoms with Gasteiger partial charge in [0, 0.05) is 18.6 Å². The van der Waals surface area contributed by atoms with E-state index in [1.165, 1.54) is 12.1 Å². The fourth-order valence-corrected chi connectivity index (χ4v) is 1.63. The van der Waals surface area contributed by atoms with E-state index in [4.69, 9.17) is 16.3 Å². The molecule has 0 radical (unpaired) electrons. The van der Waals surface area contributed by atoms with Crippen molar-refractivity contribution in [2.45, 2.75) is 6.42 Å². The van der Waals surface area contributed by atoms with Crippen LogP contribution in [0.2, 0.25) is 5.15 Å². The standard InChI is InChI=1S/C13H11ClN2O3/c14-13-6-5-12(9-15-13)19-8-7-10-1-3-11(4-2-10)16(17)18/h1-6,9H,7-8H2. The molecule has 1 heterocycles. The molecule has 0 bridgehead atoms. The van der Waals surface area contributed by atoms with Crippen LogP contribution in [0.15, 0.2) is 42.6 Å². The number of pyridine rings is 1. The van der Waals surface area contributed by atoms with Crippen LogP contribution in [-0.4, -0.2) is 16.5 Å². The lowest BCUT2D eigenvalue weighted by molar-refractivity contribution is -0.384. The number of nitro groups is 1. The molecule has 0 saturated carbocycles. The molecule has 98 valence electrons. The van der Waals surface area contributed by atoms with Gasteiger partial charge in [0.2, 0.25) is 0 Å². The summed E-state index contributed by atoms with van der Waals surface area (Å²) in [6, 6.07) is 9.81. The minimum Gasteiger partial charge on any atom is -0.492 e. The zero-order valence-electron chi connectivity index (χ0n) is 9.95. The Morgan fingerprint density at radius 1 is 1.21 bits per heavy atom. The summed E-state index contributed by atoms with van der Waals surface area (Å²) in [5.74, 6) is 0.645. The number of nitrogens with zero attached hydrogens (tertiary/aromatic N) is 2. The minimum atomic E-state index is -0.417. The molecule has 0 fully saturated rings. The maximum Gasteiger partial charge on any atom is 0.269 e. The van der Waals surface area contributed by atoms with Crippen molar-refractivity contribution in [3.63, 3.8) is 0 Å². The van der Waals surface area contributed by atoms with Gasteiger partial charge in [0.15, 0.2) is 0 Å². The number of rotatable bonds is 5. The summed E-state index contributed by atoms with van der Waals surface area (Å²) in [5.41, 5.74) is 1.07. The Balaban J connectivity index is 1.85. The highest BCUT2D eigenvalue weighted by Gasteiger charge is 2.04. The molecule has 0 aliphatic carbocycles. The summed E-state index contributed by atoms with van der Waals surface area (Å²) in [5, 5.41) is 10.9. The maximum absolute atomic E-state index is 10.5. The average Bonchev–Trinajstić information content (AvgIpc) is 2.41. The van der Waals surface area contributed by atoms with Crippen LogP contribution in [0.3, 0.4) is 0 Å². The summed E-state index contributed by atoms with van der Waals surface area (Å²) in [4.78, 5) is 14.0. The minimum absolute atomic E-state index is 0.0894. The zero-order chi connectivity index (χ0) is 13.7. The van der Waals surface area contributed by atoms with Crippen LogP contribution < -0.4 is 4.74 Å². The second-order valence-corrected chi connectivity index (χ2v) is 4.23. The van der Waals surface area contributed by atoms with Crippen LogP contribution in [0.4, 0.5) is 5.69 Å². The van der Waals surface area contributed by atoms with Crippen LogP contribution in [-0.2, 0) is 6.42 Å². The third-order valence-corrected chi connectivity index (χ3v) is 2.73. The van der Waals surface area contributed by atoms with Crippen LogP contribution in [0.25, 0.3) is 0 Å². The lowest BCUT2D eigenvalue weighted by atomic mass is 10.1. The molecule has 1 aromatic heterocycles. The first kappa shape index (κ1) is 13.3. The van der Waals surface area contributed by atoms with Crippen molar-refractivity contribution < 1.29 is 9.66 Å². The monoisotopic (exact) mass is 278 g/mol. The number of ether oxygens (including phenoxy) is 1. The van der Waals surface area contributed by atoms with Gasteiger partial charge in [-0.15, -0.1) is 0 Å². The SMILES string of the molecule is O=[N+]([O-])c1ccc(CCOc2ccc(Cl)nc2)cc1. The van der Waals surface area contributed by atoms with E-state index in [-0.39, 0.29) is 5.69 Å². The lowest BCUT2D eigenvalue weighted by Gasteiger charge is -2.05. The lowest BCUT2D eigenvalue weighted by Crippen LogP contribution is -2.01. The Morgan fingerprint density at radius 3 is 2.53 bits per heavy atom. The molecule has 19 heavy (non-hydrogen) atoms. The Hall–Kier alpha value is -2.14. The molecular weight excluding hydrogens is 268 g/mol. The van der Waals surface area contributed by atoms with Crippen LogP contribution in [0.1, 0.15) is 5.56 Å².